The minimum absolute atomic E-state index is 0. The van der Waals surface area contributed by atoms with Crippen LogP contribution in [0.5, 0.6) is 0 Å². The van der Waals surface area contributed by atoms with Crippen LogP contribution in [0.4, 0.5) is 0 Å². The third-order valence-electron chi connectivity index (χ3n) is 1.11. The molecule has 0 atom stereocenters. The first-order valence-corrected chi connectivity index (χ1v) is 2.57. The molecule has 1 aliphatic heterocycles. The van der Waals surface area contributed by atoms with Crippen LogP contribution in [0.2, 0.25) is 0 Å². The number of nitrogens with one attached hydrogen (secondary N) is 1. The predicted molar refractivity (Wildman–Crippen MR) is 34.5 cm³/mol. The molecule has 0 aliphatic carbocycles. The van der Waals surface area contributed by atoms with Crippen molar-refractivity contribution in [3.05, 3.63) is 0 Å². The standard InChI is InChI=1S/C5H7NO2.ClH/c7-4-1-2-5(8)6-3-4;/h1-3H2,(H,6,8);1H. The van der Waals surface area contributed by atoms with Gasteiger partial charge in [-0.25, -0.2) is 0 Å². The highest BCUT2D eigenvalue weighted by atomic mass is 35.5. The van der Waals surface area contributed by atoms with Gasteiger partial charge in [0.25, 0.3) is 0 Å². The quantitative estimate of drug-likeness (QED) is 0.522. The Balaban J connectivity index is 0.000000640. The Labute approximate surface area is 59.2 Å². The molecule has 1 aliphatic rings. The Morgan fingerprint density at radius 2 is 1.89 bits per heavy atom. The van der Waals surface area contributed by atoms with Gasteiger partial charge in [-0.3, -0.25) is 9.59 Å². The second-order valence-corrected chi connectivity index (χ2v) is 1.82. The molecule has 1 amide bonds. The summed E-state index contributed by atoms with van der Waals surface area (Å²) in [5.41, 5.74) is 0. The van der Waals surface area contributed by atoms with E-state index in [1.807, 2.05) is 0 Å². The van der Waals surface area contributed by atoms with Crippen molar-refractivity contribution >= 4 is 24.1 Å². The van der Waals surface area contributed by atoms with Crippen LogP contribution in [0.15, 0.2) is 0 Å². The lowest BCUT2D eigenvalue weighted by Crippen LogP contribution is -2.34. The summed E-state index contributed by atoms with van der Waals surface area (Å²) in [4.78, 5) is 20.7. The average molecular weight is 150 g/mol. The van der Waals surface area contributed by atoms with Gasteiger partial charge in [0.05, 0.1) is 6.54 Å². The van der Waals surface area contributed by atoms with Gasteiger partial charge in [0.2, 0.25) is 5.91 Å². The Bertz CT molecular complexity index is 107. The maximum Gasteiger partial charge on any atom is 0.220 e. The molecule has 4 heteroatoms. The summed E-state index contributed by atoms with van der Waals surface area (Å²) in [5, 5.41) is 2.44. The van der Waals surface area contributed by atoms with Crippen LogP contribution >= 0.6 is 12.4 Å². The van der Waals surface area contributed by atoms with Crippen LogP contribution in [-0.2, 0) is 9.59 Å². The number of hydrogen-bond donors (Lipinski definition) is 1. The van der Waals surface area contributed by atoms with Crippen molar-refractivity contribution in [2.75, 3.05) is 6.54 Å². The largest absolute Gasteiger partial charge is 0.349 e. The first kappa shape index (κ1) is 8.43. The molecule has 1 N–H and O–H groups in total. The SMILES string of the molecule is Cl.O=C1CCC(=O)NC1. The summed E-state index contributed by atoms with van der Waals surface area (Å²) in [6, 6.07) is 0. The number of halogens is 1. The summed E-state index contributed by atoms with van der Waals surface area (Å²) in [6.45, 7) is 0.235. The van der Waals surface area contributed by atoms with E-state index in [0.29, 0.717) is 12.8 Å². The number of amides is 1. The van der Waals surface area contributed by atoms with E-state index in [1.54, 1.807) is 0 Å². The number of ketones is 1. The number of rotatable bonds is 0. The molecular weight excluding hydrogens is 142 g/mol. The predicted octanol–water partition coefficient (Wildman–Crippen LogP) is -0.113. The molecular formula is C5H8ClNO2. The summed E-state index contributed by atoms with van der Waals surface area (Å²) in [6.07, 6.45) is 0.796. The molecule has 1 rings (SSSR count). The van der Waals surface area contributed by atoms with Crippen molar-refractivity contribution in [1.82, 2.24) is 5.32 Å². The van der Waals surface area contributed by atoms with Crippen LogP contribution in [0, 0.1) is 0 Å². The fourth-order valence-electron chi connectivity index (χ4n) is 0.627. The number of hydrogen-bond acceptors (Lipinski definition) is 2. The molecule has 1 saturated heterocycles. The Kier molecular flexibility index (Phi) is 3.24. The second kappa shape index (κ2) is 3.45. The van der Waals surface area contributed by atoms with Gasteiger partial charge in [0.15, 0.2) is 5.78 Å². The Hall–Kier alpha value is -0.570. The van der Waals surface area contributed by atoms with Gasteiger partial charge < -0.3 is 5.32 Å². The van der Waals surface area contributed by atoms with E-state index in [4.69, 9.17) is 0 Å². The van der Waals surface area contributed by atoms with Gasteiger partial charge in [0, 0.05) is 12.8 Å². The molecule has 9 heavy (non-hydrogen) atoms. The molecule has 52 valence electrons. The fraction of sp³-hybridized carbons (Fsp3) is 0.600. The smallest absolute Gasteiger partial charge is 0.220 e. The van der Waals surface area contributed by atoms with E-state index in [0.717, 1.165) is 0 Å². The molecule has 0 saturated carbocycles. The summed E-state index contributed by atoms with van der Waals surface area (Å²) in [5.74, 6) is 0.120. The Morgan fingerprint density at radius 1 is 1.22 bits per heavy atom. The first-order valence-electron chi connectivity index (χ1n) is 2.57. The van der Waals surface area contributed by atoms with Gasteiger partial charge >= 0.3 is 0 Å². The molecule has 1 fully saturated rings. The van der Waals surface area contributed by atoms with E-state index in [1.165, 1.54) is 0 Å². The van der Waals surface area contributed by atoms with E-state index in [9.17, 15) is 9.59 Å². The van der Waals surface area contributed by atoms with E-state index < -0.39 is 0 Å². The van der Waals surface area contributed by atoms with Gasteiger partial charge in [-0.2, -0.15) is 0 Å². The summed E-state index contributed by atoms with van der Waals surface area (Å²) >= 11 is 0. The van der Waals surface area contributed by atoms with E-state index >= 15 is 0 Å². The van der Waals surface area contributed by atoms with Crippen molar-refractivity contribution in [3.8, 4) is 0 Å². The Morgan fingerprint density at radius 3 is 2.22 bits per heavy atom. The van der Waals surface area contributed by atoms with Gasteiger partial charge in [-0.05, 0) is 0 Å². The topological polar surface area (TPSA) is 46.2 Å². The number of carbonyl (C=O) groups is 2. The molecule has 3 nitrogen and oxygen atoms in total. The lowest BCUT2D eigenvalue weighted by Gasteiger charge is -2.08. The number of piperidine rings is 1. The van der Waals surface area contributed by atoms with Crippen LogP contribution in [0.1, 0.15) is 12.8 Å². The molecule has 0 bridgehead atoms. The molecule has 1 heterocycles. The van der Waals surface area contributed by atoms with Crippen LogP contribution in [-0.4, -0.2) is 18.2 Å². The fourth-order valence-corrected chi connectivity index (χ4v) is 0.627. The van der Waals surface area contributed by atoms with Gasteiger partial charge in [-0.1, -0.05) is 0 Å². The normalized spacial score (nSPS) is 18.2. The number of carbonyl (C=O) groups excluding carboxylic acids is 2. The van der Waals surface area contributed by atoms with E-state index in [-0.39, 0.29) is 30.6 Å². The maximum absolute atomic E-state index is 10.4. The zero-order valence-corrected chi connectivity index (χ0v) is 5.66. The minimum atomic E-state index is -0.00963. The molecule has 0 aromatic carbocycles. The molecule has 0 radical (unpaired) electrons. The minimum Gasteiger partial charge on any atom is -0.349 e. The second-order valence-electron chi connectivity index (χ2n) is 1.82. The lowest BCUT2D eigenvalue weighted by molar-refractivity contribution is -0.129. The monoisotopic (exact) mass is 149 g/mol. The van der Waals surface area contributed by atoms with E-state index in [2.05, 4.69) is 5.32 Å². The van der Waals surface area contributed by atoms with Gasteiger partial charge in [0.1, 0.15) is 0 Å². The van der Waals surface area contributed by atoms with Crippen molar-refractivity contribution in [1.29, 1.82) is 0 Å². The maximum atomic E-state index is 10.4. The lowest BCUT2D eigenvalue weighted by atomic mass is 10.1. The van der Waals surface area contributed by atoms with Gasteiger partial charge in [-0.15, -0.1) is 12.4 Å². The van der Waals surface area contributed by atoms with Crippen LogP contribution in [0.25, 0.3) is 0 Å². The molecule has 0 aromatic rings. The molecule has 0 aromatic heterocycles. The van der Waals surface area contributed by atoms with Crippen molar-refractivity contribution in [3.63, 3.8) is 0 Å². The van der Waals surface area contributed by atoms with Crippen LogP contribution in [0.3, 0.4) is 0 Å². The average Bonchev–Trinajstić information content (AvgIpc) is 1.77. The zero-order valence-electron chi connectivity index (χ0n) is 4.85. The number of Topliss-reactive ketones (excluding diaryl/α,β-unsaturated/α-hetero) is 1. The third-order valence-corrected chi connectivity index (χ3v) is 1.11. The molecule has 0 spiro atoms. The zero-order chi connectivity index (χ0) is 5.98. The van der Waals surface area contributed by atoms with Crippen molar-refractivity contribution in [2.45, 2.75) is 12.8 Å². The summed E-state index contributed by atoms with van der Waals surface area (Å²) in [7, 11) is 0. The highest BCUT2D eigenvalue weighted by Crippen LogP contribution is 1.95. The molecule has 0 unspecified atom stereocenters. The van der Waals surface area contributed by atoms with Crippen LogP contribution < -0.4 is 5.32 Å². The highest BCUT2D eigenvalue weighted by Gasteiger charge is 2.12. The van der Waals surface area contributed by atoms with Crippen molar-refractivity contribution in [2.24, 2.45) is 0 Å². The van der Waals surface area contributed by atoms with Crippen molar-refractivity contribution < 1.29 is 9.59 Å². The highest BCUT2D eigenvalue weighted by molar-refractivity contribution is 5.92. The summed E-state index contributed by atoms with van der Waals surface area (Å²) < 4.78 is 0. The third kappa shape index (κ3) is 2.46. The first-order chi connectivity index (χ1) is 3.79.